The highest BCUT2D eigenvalue weighted by atomic mass is 16.6. The first-order valence-electron chi connectivity index (χ1n) is 13.1. The van der Waals surface area contributed by atoms with E-state index in [1.807, 2.05) is 42.5 Å². The molecule has 3 aromatic rings. The Hall–Kier alpha value is -4.74. The molecule has 1 aliphatic rings. The van der Waals surface area contributed by atoms with Crippen LogP contribution in [-0.4, -0.2) is 71.1 Å². The highest BCUT2D eigenvalue weighted by molar-refractivity contribution is 6.00. The molecule has 216 valence electrons. The van der Waals surface area contributed by atoms with Crippen molar-refractivity contribution in [2.24, 2.45) is 5.16 Å². The van der Waals surface area contributed by atoms with E-state index in [9.17, 15) is 14.4 Å². The number of nitrogens with zero attached hydrogens (tertiary/aromatic N) is 4. The van der Waals surface area contributed by atoms with Gasteiger partial charge < -0.3 is 29.1 Å². The summed E-state index contributed by atoms with van der Waals surface area (Å²) in [4.78, 5) is 48.1. The zero-order chi connectivity index (χ0) is 29.4. The monoisotopic (exact) mass is 563 g/mol. The summed E-state index contributed by atoms with van der Waals surface area (Å²) >= 11 is 0. The fraction of sp³-hybridized carbons (Fsp3) is 0.379. The predicted octanol–water partition coefficient (Wildman–Crippen LogP) is 3.94. The maximum Gasteiger partial charge on any atom is 0.408 e. The normalized spacial score (nSPS) is 16.0. The van der Waals surface area contributed by atoms with E-state index in [1.165, 1.54) is 7.11 Å². The summed E-state index contributed by atoms with van der Waals surface area (Å²) in [5.41, 5.74) is 2.57. The molecule has 1 atom stereocenters. The van der Waals surface area contributed by atoms with Crippen LogP contribution in [0.1, 0.15) is 55.3 Å². The standard InChI is InChI=1S/C29H33N5O7/c1-29(2,3)40-28(37)30-17-25(35)39-15-14-24-31-26(41-33-24)23-16-22(32-38-4)18-34(23)27(36)21-12-10-20(11-13-21)19-8-6-5-7-9-19/h5-13,23H,14-18H2,1-4H3,(H,30,37)/b32-22+/t23-/m0/s1. The van der Waals surface area contributed by atoms with Crippen molar-refractivity contribution in [1.29, 1.82) is 0 Å². The molecule has 0 aliphatic carbocycles. The molecule has 1 fully saturated rings. The summed E-state index contributed by atoms with van der Waals surface area (Å²) in [6.07, 6.45) is -0.159. The molecule has 1 aromatic heterocycles. The maximum atomic E-state index is 13.5. The average Bonchev–Trinajstić information content (AvgIpc) is 3.59. The predicted molar refractivity (Wildman–Crippen MR) is 148 cm³/mol. The molecule has 0 saturated carbocycles. The molecule has 41 heavy (non-hydrogen) atoms. The van der Waals surface area contributed by atoms with Crippen LogP contribution in [0.5, 0.6) is 0 Å². The van der Waals surface area contributed by atoms with Crippen LogP contribution in [-0.2, 0) is 25.5 Å². The molecule has 1 saturated heterocycles. The SMILES string of the molecule is CO/N=C1\C[C@@H](c2nc(CCOC(=O)CNC(=O)OC(C)(C)C)no2)N(C(=O)c2ccc(-c3ccccc3)cc2)C1. The molecule has 2 heterocycles. The van der Waals surface area contributed by atoms with Crippen molar-refractivity contribution in [2.45, 2.75) is 45.3 Å². The van der Waals surface area contributed by atoms with Crippen LogP contribution in [0, 0.1) is 0 Å². The first-order chi connectivity index (χ1) is 19.6. The van der Waals surface area contributed by atoms with Gasteiger partial charge in [-0.2, -0.15) is 4.98 Å². The van der Waals surface area contributed by atoms with Crippen LogP contribution in [0.25, 0.3) is 11.1 Å². The molecular weight excluding hydrogens is 530 g/mol. The minimum absolute atomic E-state index is 0.0226. The molecule has 12 heteroatoms. The summed E-state index contributed by atoms with van der Waals surface area (Å²) < 4.78 is 15.7. The van der Waals surface area contributed by atoms with Crippen LogP contribution >= 0.6 is 0 Å². The number of ether oxygens (including phenoxy) is 2. The van der Waals surface area contributed by atoms with E-state index in [2.05, 4.69) is 20.6 Å². The van der Waals surface area contributed by atoms with Crippen LogP contribution < -0.4 is 5.32 Å². The van der Waals surface area contributed by atoms with Gasteiger partial charge in [-0.15, -0.1) is 0 Å². The van der Waals surface area contributed by atoms with E-state index in [4.69, 9.17) is 18.8 Å². The Balaban J connectivity index is 1.36. The van der Waals surface area contributed by atoms with Gasteiger partial charge in [-0.25, -0.2) is 4.79 Å². The fourth-order valence-corrected chi connectivity index (χ4v) is 4.21. The summed E-state index contributed by atoms with van der Waals surface area (Å²) in [6, 6.07) is 16.8. The highest BCUT2D eigenvalue weighted by Gasteiger charge is 2.38. The number of carbonyl (C=O) groups is 3. The van der Waals surface area contributed by atoms with Crippen LogP contribution in [0.3, 0.4) is 0 Å². The summed E-state index contributed by atoms with van der Waals surface area (Å²) in [7, 11) is 1.45. The van der Waals surface area contributed by atoms with Gasteiger partial charge in [0.1, 0.15) is 25.3 Å². The molecule has 0 bridgehead atoms. The van der Waals surface area contributed by atoms with Gasteiger partial charge in [-0.05, 0) is 44.0 Å². The third kappa shape index (κ3) is 8.13. The van der Waals surface area contributed by atoms with Crippen molar-refractivity contribution in [3.05, 3.63) is 71.9 Å². The van der Waals surface area contributed by atoms with Gasteiger partial charge >= 0.3 is 12.1 Å². The Morgan fingerprint density at radius 3 is 2.46 bits per heavy atom. The number of hydrogen-bond donors (Lipinski definition) is 1. The van der Waals surface area contributed by atoms with Crippen LogP contribution in [0.4, 0.5) is 4.79 Å². The summed E-state index contributed by atoms with van der Waals surface area (Å²) in [6.45, 7) is 5.06. The number of hydrogen-bond acceptors (Lipinski definition) is 10. The van der Waals surface area contributed by atoms with E-state index in [0.717, 1.165) is 11.1 Å². The number of likely N-dealkylation sites (tertiary alicyclic amines) is 1. The highest BCUT2D eigenvalue weighted by Crippen LogP contribution is 2.32. The van der Waals surface area contributed by atoms with Crippen molar-refractivity contribution in [3.8, 4) is 11.1 Å². The van der Waals surface area contributed by atoms with E-state index < -0.39 is 23.7 Å². The second-order valence-corrected chi connectivity index (χ2v) is 10.3. The molecular formula is C29H33N5O7. The second kappa shape index (κ2) is 13.1. The minimum Gasteiger partial charge on any atom is -0.464 e. The molecule has 2 aromatic carbocycles. The smallest absolute Gasteiger partial charge is 0.408 e. The molecule has 4 rings (SSSR count). The Bertz CT molecular complexity index is 1380. The number of alkyl carbamates (subject to hydrolysis) is 1. The third-order valence-corrected chi connectivity index (χ3v) is 6.01. The van der Waals surface area contributed by atoms with Gasteiger partial charge in [-0.1, -0.05) is 52.8 Å². The van der Waals surface area contributed by atoms with Crippen molar-refractivity contribution in [3.63, 3.8) is 0 Å². The van der Waals surface area contributed by atoms with Gasteiger partial charge in [0.15, 0.2) is 5.82 Å². The zero-order valence-corrected chi connectivity index (χ0v) is 23.5. The number of oxime groups is 1. The first-order valence-corrected chi connectivity index (χ1v) is 13.1. The second-order valence-electron chi connectivity index (χ2n) is 10.3. The lowest BCUT2D eigenvalue weighted by Crippen LogP contribution is -2.36. The van der Waals surface area contributed by atoms with E-state index in [-0.39, 0.29) is 37.9 Å². The lowest BCUT2D eigenvalue weighted by Gasteiger charge is -2.21. The first kappa shape index (κ1) is 29.2. The number of carbonyl (C=O) groups excluding carboxylic acids is 3. The third-order valence-electron chi connectivity index (χ3n) is 6.01. The van der Waals surface area contributed by atoms with E-state index in [1.54, 1.807) is 37.8 Å². The Labute approximate surface area is 237 Å². The summed E-state index contributed by atoms with van der Waals surface area (Å²) in [5, 5.41) is 10.4. The number of aromatic nitrogens is 2. The van der Waals surface area contributed by atoms with E-state index in [0.29, 0.717) is 23.5 Å². The molecule has 0 spiro atoms. The Morgan fingerprint density at radius 1 is 1.07 bits per heavy atom. The van der Waals surface area contributed by atoms with Crippen molar-refractivity contribution in [2.75, 3.05) is 26.8 Å². The lowest BCUT2D eigenvalue weighted by molar-refractivity contribution is -0.142. The average molecular weight is 564 g/mol. The molecule has 1 N–H and O–H groups in total. The van der Waals surface area contributed by atoms with Gasteiger partial charge in [0, 0.05) is 18.4 Å². The molecule has 0 unspecified atom stereocenters. The summed E-state index contributed by atoms with van der Waals surface area (Å²) in [5.74, 6) is -0.286. The topological polar surface area (TPSA) is 145 Å². The number of benzene rings is 2. The molecule has 12 nitrogen and oxygen atoms in total. The van der Waals surface area contributed by atoms with Crippen molar-refractivity contribution in [1.82, 2.24) is 20.4 Å². The van der Waals surface area contributed by atoms with Crippen LogP contribution in [0.2, 0.25) is 0 Å². The van der Waals surface area contributed by atoms with Gasteiger partial charge in [-0.3, -0.25) is 9.59 Å². The van der Waals surface area contributed by atoms with Crippen molar-refractivity contribution < 1.29 is 33.2 Å². The van der Waals surface area contributed by atoms with Crippen LogP contribution in [0.15, 0.2) is 64.3 Å². The van der Waals surface area contributed by atoms with Gasteiger partial charge in [0.2, 0.25) is 5.89 Å². The number of nitrogens with one attached hydrogen (secondary N) is 1. The fourth-order valence-electron chi connectivity index (χ4n) is 4.21. The molecule has 1 aliphatic heterocycles. The number of esters is 1. The quantitative estimate of drug-likeness (QED) is 0.302. The van der Waals surface area contributed by atoms with Gasteiger partial charge in [0.05, 0.1) is 18.9 Å². The van der Waals surface area contributed by atoms with Gasteiger partial charge in [0.25, 0.3) is 5.91 Å². The largest absolute Gasteiger partial charge is 0.464 e. The van der Waals surface area contributed by atoms with Crippen molar-refractivity contribution >= 4 is 23.7 Å². The molecule has 0 radical (unpaired) electrons. The number of amides is 2. The minimum atomic E-state index is -0.712. The maximum absolute atomic E-state index is 13.5. The zero-order valence-electron chi connectivity index (χ0n) is 23.5. The number of rotatable bonds is 9. The Kier molecular flexibility index (Phi) is 9.33. The Morgan fingerprint density at radius 2 is 1.78 bits per heavy atom. The molecule has 2 amide bonds. The lowest BCUT2D eigenvalue weighted by atomic mass is 10.0. The van der Waals surface area contributed by atoms with E-state index >= 15 is 0 Å².